The fourth-order valence-electron chi connectivity index (χ4n) is 5.65. The highest BCUT2D eigenvalue weighted by molar-refractivity contribution is 6.43. The van der Waals surface area contributed by atoms with Crippen LogP contribution in [0.5, 0.6) is 0 Å². The zero-order valence-corrected chi connectivity index (χ0v) is 23.1. The van der Waals surface area contributed by atoms with Gasteiger partial charge >= 0.3 is 6.03 Å². The van der Waals surface area contributed by atoms with Gasteiger partial charge < -0.3 is 10.6 Å². The number of piperidine rings is 1. The predicted molar refractivity (Wildman–Crippen MR) is 154 cm³/mol. The molecule has 3 heterocycles. The molecule has 5 rings (SSSR count). The topological polar surface area (TPSA) is 54.0 Å². The lowest BCUT2D eigenvalue weighted by atomic mass is 9.74. The summed E-state index contributed by atoms with van der Waals surface area (Å²) in [6, 6.07) is 14.9. The second-order valence-corrected chi connectivity index (χ2v) is 11.3. The molecule has 37 heavy (non-hydrogen) atoms. The number of carbonyl (C=O) groups excluding carboxylic acids is 1. The van der Waals surface area contributed by atoms with Gasteiger partial charge in [0.2, 0.25) is 0 Å². The van der Waals surface area contributed by atoms with Crippen LogP contribution in [0.2, 0.25) is 20.2 Å². The highest BCUT2D eigenvalue weighted by atomic mass is 35.5. The highest BCUT2D eigenvalue weighted by Crippen LogP contribution is 2.54. The van der Waals surface area contributed by atoms with Gasteiger partial charge in [0.15, 0.2) is 0 Å². The molecule has 3 aromatic rings. The SMILES string of the molecule is O=C(NCc1ccnc(Cl)c1)[N+]1(C/C=C/c2ccc(Cl)cc2)CC2(CCNCC2)c2c1ccc(Cl)c2Cl. The van der Waals surface area contributed by atoms with E-state index in [-0.39, 0.29) is 15.9 Å². The molecular formula is C28H27Cl4N4O+. The lowest BCUT2D eigenvalue weighted by molar-refractivity contribution is 0.189. The Morgan fingerprint density at radius 1 is 1.05 bits per heavy atom. The molecule has 2 aliphatic heterocycles. The normalized spacial score (nSPS) is 20.3. The zero-order valence-electron chi connectivity index (χ0n) is 20.1. The second-order valence-electron chi connectivity index (χ2n) is 9.69. The van der Waals surface area contributed by atoms with Gasteiger partial charge in [-0.15, -0.1) is 0 Å². The van der Waals surface area contributed by atoms with Gasteiger partial charge in [0.25, 0.3) is 0 Å². The number of hydrogen-bond acceptors (Lipinski definition) is 3. The Kier molecular flexibility index (Phi) is 7.83. The monoisotopic (exact) mass is 575 g/mol. The van der Waals surface area contributed by atoms with Crippen molar-refractivity contribution in [3.63, 3.8) is 0 Å². The minimum absolute atomic E-state index is 0.0938. The van der Waals surface area contributed by atoms with Crippen molar-refractivity contribution in [1.29, 1.82) is 0 Å². The van der Waals surface area contributed by atoms with E-state index in [4.69, 9.17) is 46.4 Å². The van der Waals surface area contributed by atoms with E-state index < -0.39 is 0 Å². The Balaban J connectivity index is 1.54. The van der Waals surface area contributed by atoms with E-state index in [0.29, 0.717) is 39.9 Å². The molecule has 1 fully saturated rings. The van der Waals surface area contributed by atoms with Gasteiger partial charge in [0, 0.05) is 29.4 Å². The fourth-order valence-corrected chi connectivity index (χ4v) is 6.49. The van der Waals surface area contributed by atoms with Crippen LogP contribution >= 0.6 is 46.4 Å². The molecule has 2 aromatic carbocycles. The largest absolute Gasteiger partial charge is 0.422 e. The first-order chi connectivity index (χ1) is 17.8. The van der Waals surface area contributed by atoms with Crippen molar-refractivity contribution in [3.05, 3.63) is 97.7 Å². The quantitative estimate of drug-likeness (QED) is 0.248. The number of urea groups is 1. The number of hydrogen-bond donors (Lipinski definition) is 2. The van der Waals surface area contributed by atoms with Crippen molar-refractivity contribution < 1.29 is 4.79 Å². The van der Waals surface area contributed by atoms with Gasteiger partial charge in [0.05, 0.1) is 15.5 Å². The van der Waals surface area contributed by atoms with Crippen LogP contribution in [0.15, 0.2) is 60.8 Å². The molecule has 0 radical (unpaired) electrons. The lowest BCUT2D eigenvalue weighted by Crippen LogP contribution is -2.60. The molecule has 1 unspecified atom stereocenters. The molecule has 1 spiro atoms. The van der Waals surface area contributed by atoms with Gasteiger partial charge in [0.1, 0.15) is 23.9 Å². The summed E-state index contributed by atoms with van der Waals surface area (Å²) in [5, 5.41) is 8.76. The molecule has 1 atom stereocenters. The Hall–Kier alpha value is -2.12. The summed E-state index contributed by atoms with van der Waals surface area (Å²) in [4.78, 5) is 18.2. The number of benzene rings is 2. The molecular weight excluding hydrogens is 550 g/mol. The number of rotatable bonds is 5. The molecule has 0 aliphatic carbocycles. The van der Waals surface area contributed by atoms with Gasteiger partial charge in [-0.05, 0) is 73.5 Å². The van der Waals surface area contributed by atoms with Crippen molar-refractivity contribution in [1.82, 2.24) is 20.1 Å². The molecule has 0 saturated carbocycles. The van der Waals surface area contributed by atoms with E-state index in [1.807, 2.05) is 42.5 Å². The number of quaternary nitrogens is 1. The highest BCUT2D eigenvalue weighted by Gasteiger charge is 2.58. The summed E-state index contributed by atoms with van der Waals surface area (Å²) in [5.41, 5.74) is 3.56. The summed E-state index contributed by atoms with van der Waals surface area (Å²) < 4.78 is 0.106. The van der Waals surface area contributed by atoms with Crippen molar-refractivity contribution in [3.8, 4) is 0 Å². The fraction of sp³-hybridized carbons (Fsp3) is 0.286. The second kappa shape index (κ2) is 10.9. The van der Waals surface area contributed by atoms with Gasteiger partial charge in [-0.25, -0.2) is 14.3 Å². The van der Waals surface area contributed by atoms with Crippen LogP contribution in [0.3, 0.4) is 0 Å². The first-order valence-electron chi connectivity index (χ1n) is 12.2. The predicted octanol–water partition coefficient (Wildman–Crippen LogP) is 7.26. The molecule has 1 saturated heterocycles. The number of pyridine rings is 1. The number of amides is 2. The lowest BCUT2D eigenvalue weighted by Gasteiger charge is -2.36. The van der Waals surface area contributed by atoms with E-state index in [9.17, 15) is 4.79 Å². The van der Waals surface area contributed by atoms with Crippen molar-refractivity contribution in [2.24, 2.45) is 0 Å². The first-order valence-corrected chi connectivity index (χ1v) is 13.7. The van der Waals surface area contributed by atoms with Crippen LogP contribution in [-0.4, -0.2) is 37.2 Å². The van der Waals surface area contributed by atoms with E-state index >= 15 is 0 Å². The number of fused-ring (bicyclic) bond motifs is 2. The number of halogens is 4. The molecule has 5 nitrogen and oxygen atoms in total. The molecule has 2 aliphatic rings. The van der Waals surface area contributed by atoms with Crippen LogP contribution in [-0.2, 0) is 12.0 Å². The van der Waals surface area contributed by atoms with Crippen LogP contribution in [0.1, 0.15) is 29.5 Å². The van der Waals surface area contributed by atoms with Crippen molar-refractivity contribution >= 4 is 64.2 Å². The number of aromatic nitrogens is 1. The van der Waals surface area contributed by atoms with Gasteiger partial charge in [-0.3, -0.25) is 0 Å². The third-order valence-corrected chi connectivity index (χ3v) is 8.68. The van der Waals surface area contributed by atoms with Gasteiger partial charge in [-0.1, -0.05) is 64.6 Å². The van der Waals surface area contributed by atoms with E-state index in [2.05, 4.69) is 21.7 Å². The maximum Gasteiger partial charge on any atom is 0.422 e. The Bertz CT molecular complexity index is 1340. The van der Waals surface area contributed by atoms with Crippen molar-refractivity contribution in [2.75, 3.05) is 26.2 Å². The molecule has 9 heteroatoms. The molecule has 0 bridgehead atoms. The summed E-state index contributed by atoms with van der Waals surface area (Å²) in [7, 11) is 0. The Morgan fingerprint density at radius 2 is 1.81 bits per heavy atom. The summed E-state index contributed by atoms with van der Waals surface area (Å²) in [6.45, 7) is 3.14. The number of nitrogens with one attached hydrogen (secondary N) is 2. The maximum absolute atomic E-state index is 14.2. The van der Waals surface area contributed by atoms with Crippen LogP contribution in [0.4, 0.5) is 10.5 Å². The molecule has 2 amide bonds. The standard InChI is InChI=1S/C28H26Cl4N4O/c29-21-5-3-19(4-6-21)2-1-15-36(27(37)35-17-20-9-12-34-24(31)16-20)18-28(10-13-33-14-11-28)25-23(36)8-7-22(30)26(25)32/h1-9,12,16,33H,10-11,13-15,17-18H2/p+1/b2-1+. The average molecular weight is 577 g/mol. The minimum Gasteiger partial charge on any atom is -0.317 e. The van der Waals surface area contributed by atoms with E-state index in [1.165, 1.54) is 0 Å². The Labute approximate surface area is 237 Å². The van der Waals surface area contributed by atoms with Crippen LogP contribution in [0.25, 0.3) is 6.08 Å². The third kappa shape index (κ3) is 5.26. The van der Waals surface area contributed by atoms with Gasteiger partial charge in [-0.2, -0.15) is 0 Å². The van der Waals surface area contributed by atoms with Crippen LogP contribution in [0, 0.1) is 0 Å². The van der Waals surface area contributed by atoms with Crippen LogP contribution < -0.4 is 15.1 Å². The van der Waals surface area contributed by atoms with E-state index in [0.717, 1.165) is 48.3 Å². The average Bonchev–Trinajstić information content (AvgIpc) is 3.16. The Morgan fingerprint density at radius 3 is 2.54 bits per heavy atom. The summed E-state index contributed by atoms with van der Waals surface area (Å²) in [5.74, 6) is 0. The zero-order chi connectivity index (χ0) is 26.0. The summed E-state index contributed by atoms with van der Waals surface area (Å²) >= 11 is 25.5. The first kappa shape index (κ1) is 26.5. The van der Waals surface area contributed by atoms with E-state index in [1.54, 1.807) is 18.3 Å². The number of nitrogens with zero attached hydrogens (tertiary/aromatic N) is 2. The smallest absolute Gasteiger partial charge is 0.317 e. The molecule has 2 N–H and O–H groups in total. The third-order valence-electron chi connectivity index (χ3n) is 7.42. The summed E-state index contributed by atoms with van der Waals surface area (Å²) in [6.07, 6.45) is 7.48. The molecule has 192 valence electrons. The van der Waals surface area contributed by atoms with Crippen molar-refractivity contribution in [2.45, 2.75) is 24.8 Å². The maximum atomic E-state index is 14.2. The number of carbonyl (C=O) groups is 1. The molecule has 1 aromatic heterocycles. The minimum atomic E-state index is -0.242.